The summed E-state index contributed by atoms with van der Waals surface area (Å²) >= 11 is 5.82. The number of hydrogen-bond acceptors (Lipinski definition) is 5. The van der Waals surface area contributed by atoms with Gasteiger partial charge in [0, 0.05) is 10.6 Å². The van der Waals surface area contributed by atoms with Crippen molar-refractivity contribution in [2.75, 3.05) is 7.11 Å². The summed E-state index contributed by atoms with van der Waals surface area (Å²) in [5.41, 5.74) is -0.699. The van der Waals surface area contributed by atoms with E-state index >= 15 is 0 Å². The molecule has 0 fully saturated rings. The molecule has 23 heavy (non-hydrogen) atoms. The van der Waals surface area contributed by atoms with Crippen LogP contribution in [-0.2, 0) is 0 Å². The van der Waals surface area contributed by atoms with Gasteiger partial charge in [0.05, 0.1) is 17.4 Å². The number of halogens is 1. The molecule has 0 aliphatic carbocycles. The van der Waals surface area contributed by atoms with Gasteiger partial charge >= 0.3 is 5.69 Å². The maximum absolute atomic E-state index is 12.5. The van der Waals surface area contributed by atoms with Crippen LogP contribution in [0.15, 0.2) is 51.7 Å². The van der Waals surface area contributed by atoms with Gasteiger partial charge in [0.1, 0.15) is 11.3 Å². The van der Waals surface area contributed by atoms with Crippen molar-refractivity contribution in [1.29, 1.82) is 0 Å². The van der Waals surface area contributed by atoms with Crippen LogP contribution in [0.1, 0.15) is 0 Å². The van der Waals surface area contributed by atoms with E-state index in [1.807, 2.05) is 0 Å². The van der Waals surface area contributed by atoms with Gasteiger partial charge in [0.15, 0.2) is 0 Å². The summed E-state index contributed by atoms with van der Waals surface area (Å²) in [6.07, 6.45) is 0. The summed E-state index contributed by atoms with van der Waals surface area (Å²) in [6.45, 7) is 0. The van der Waals surface area contributed by atoms with Gasteiger partial charge in [-0.1, -0.05) is 11.6 Å². The van der Waals surface area contributed by atoms with Crippen LogP contribution in [0, 0.1) is 10.1 Å². The highest BCUT2D eigenvalue weighted by Gasteiger charge is 2.26. The fourth-order valence-corrected chi connectivity index (χ4v) is 2.38. The number of methoxy groups -OCH3 is 1. The molecule has 1 aromatic heterocycles. The molecule has 0 N–H and O–H groups in total. The zero-order chi connectivity index (χ0) is 16.6. The van der Waals surface area contributed by atoms with E-state index in [4.69, 9.17) is 20.8 Å². The van der Waals surface area contributed by atoms with Crippen molar-refractivity contribution >= 4 is 28.3 Å². The van der Waals surface area contributed by atoms with E-state index in [9.17, 15) is 14.9 Å². The highest BCUT2D eigenvalue weighted by Crippen LogP contribution is 2.32. The molecule has 0 saturated carbocycles. The highest BCUT2D eigenvalue weighted by molar-refractivity contribution is 6.30. The third-order valence-electron chi connectivity index (χ3n) is 3.36. The van der Waals surface area contributed by atoms with Crippen LogP contribution in [-0.4, -0.2) is 12.0 Å². The lowest BCUT2D eigenvalue weighted by molar-refractivity contribution is -0.386. The third-order valence-corrected chi connectivity index (χ3v) is 3.61. The zero-order valence-electron chi connectivity index (χ0n) is 11.9. The SMILES string of the molecule is COc1ccc2oc(-c3ccc(Cl)cc3)c([N+](=O)[O-])c(=O)c2c1. The average Bonchev–Trinajstić information content (AvgIpc) is 2.54. The summed E-state index contributed by atoms with van der Waals surface area (Å²) in [6, 6.07) is 10.8. The molecule has 6 nitrogen and oxygen atoms in total. The number of rotatable bonds is 3. The van der Waals surface area contributed by atoms with Gasteiger partial charge in [-0.15, -0.1) is 0 Å². The molecule has 0 saturated heterocycles. The number of nitro groups is 1. The van der Waals surface area contributed by atoms with Crippen molar-refractivity contribution in [1.82, 2.24) is 0 Å². The standard InChI is InChI=1S/C16H10ClNO5/c1-22-11-6-7-13-12(8-11)15(19)14(18(20)21)16(23-13)9-2-4-10(17)5-3-9/h2-8H,1H3. The van der Waals surface area contributed by atoms with E-state index in [1.54, 1.807) is 36.4 Å². The molecule has 0 aliphatic rings. The molecular weight excluding hydrogens is 322 g/mol. The molecule has 0 radical (unpaired) electrons. The molecular formula is C16H10ClNO5. The number of fused-ring (bicyclic) bond motifs is 1. The minimum absolute atomic E-state index is 0.0914. The smallest absolute Gasteiger partial charge is 0.359 e. The van der Waals surface area contributed by atoms with Crippen molar-refractivity contribution in [3.63, 3.8) is 0 Å². The summed E-state index contributed by atoms with van der Waals surface area (Å²) in [5.74, 6) is 0.313. The van der Waals surface area contributed by atoms with Crippen molar-refractivity contribution in [3.8, 4) is 17.1 Å². The molecule has 0 bridgehead atoms. The van der Waals surface area contributed by atoms with E-state index in [0.717, 1.165) is 0 Å². The van der Waals surface area contributed by atoms with Crippen LogP contribution in [0.3, 0.4) is 0 Å². The molecule has 0 aliphatic heterocycles. The van der Waals surface area contributed by atoms with Crippen molar-refractivity contribution in [2.45, 2.75) is 0 Å². The highest BCUT2D eigenvalue weighted by atomic mass is 35.5. The lowest BCUT2D eigenvalue weighted by Crippen LogP contribution is -2.10. The zero-order valence-corrected chi connectivity index (χ0v) is 12.7. The molecule has 0 amide bonds. The van der Waals surface area contributed by atoms with Crippen molar-refractivity contribution < 1.29 is 14.1 Å². The Kier molecular flexibility index (Phi) is 3.75. The Bertz CT molecular complexity index is 963. The topological polar surface area (TPSA) is 82.6 Å². The van der Waals surface area contributed by atoms with Crippen LogP contribution in [0.2, 0.25) is 5.02 Å². The monoisotopic (exact) mass is 331 g/mol. The van der Waals surface area contributed by atoms with E-state index in [0.29, 0.717) is 16.3 Å². The second-order valence-corrected chi connectivity index (χ2v) is 5.17. The minimum Gasteiger partial charge on any atom is -0.497 e. The quantitative estimate of drug-likeness (QED) is 0.534. The van der Waals surface area contributed by atoms with Crippen LogP contribution < -0.4 is 10.2 Å². The summed E-state index contributed by atoms with van der Waals surface area (Å²) in [5, 5.41) is 11.9. The molecule has 0 atom stereocenters. The van der Waals surface area contributed by atoms with Gasteiger partial charge in [0.2, 0.25) is 5.76 Å². The second kappa shape index (κ2) is 5.73. The number of hydrogen-bond donors (Lipinski definition) is 0. The Hall–Kier alpha value is -2.86. The molecule has 2 aromatic carbocycles. The maximum atomic E-state index is 12.5. The van der Waals surface area contributed by atoms with Gasteiger partial charge in [-0.25, -0.2) is 0 Å². The molecule has 3 rings (SSSR count). The Morgan fingerprint density at radius 2 is 1.87 bits per heavy atom. The van der Waals surface area contributed by atoms with Crippen LogP contribution in [0.5, 0.6) is 5.75 Å². The number of nitrogens with zero attached hydrogens (tertiary/aromatic N) is 1. The summed E-state index contributed by atoms with van der Waals surface area (Å²) in [4.78, 5) is 23.1. The average molecular weight is 332 g/mol. The normalized spacial score (nSPS) is 10.7. The van der Waals surface area contributed by atoms with Crippen molar-refractivity contribution in [3.05, 3.63) is 67.8 Å². The van der Waals surface area contributed by atoms with Crippen LogP contribution in [0.25, 0.3) is 22.3 Å². The Balaban J connectivity index is 2.37. The lowest BCUT2D eigenvalue weighted by atomic mass is 10.1. The largest absolute Gasteiger partial charge is 0.497 e. The lowest BCUT2D eigenvalue weighted by Gasteiger charge is -2.06. The fraction of sp³-hybridized carbons (Fsp3) is 0.0625. The second-order valence-electron chi connectivity index (χ2n) is 4.74. The molecule has 1 heterocycles. The van der Waals surface area contributed by atoms with Gasteiger partial charge in [-0.05, 0) is 42.5 Å². The Morgan fingerprint density at radius 3 is 2.48 bits per heavy atom. The Morgan fingerprint density at radius 1 is 1.17 bits per heavy atom. The molecule has 0 spiro atoms. The molecule has 116 valence electrons. The van der Waals surface area contributed by atoms with E-state index < -0.39 is 16.0 Å². The van der Waals surface area contributed by atoms with Crippen LogP contribution in [0.4, 0.5) is 5.69 Å². The van der Waals surface area contributed by atoms with Gasteiger partial charge in [0.25, 0.3) is 5.43 Å². The minimum atomic E-state index is -0.741. The Labute approximate surface area is 135 Å². The summed E-state index contributed by atoms with van der Waals surface area (Å²) < 4.78 is 10.7. The first-order valence-electron chi connectivity index (χ1n) is 6.56. The van der Waals surface area contributed by atoms with Crippen LogP contribution >= 0.6 is 11.6 Å². The third kappa shape index (κ3) is 2.64. The van der Waals surface area contributed by atoms with E-state index in [2.05, 4.69) is 0 Å². The fourth-order valence-electron chi connectivity index (χ4n) is 2.25. The number of ether oxygens (including phenoxy) is 1. The number of benzene rings is 2. The van der Waals surface area contributed by atoms with E-state index in [-0.39, 0.29) is 16.7 Å². The van der Waals surface area contributed by atoms with Gasteiger partial charge in [-0.2, -0.15) is 0 Å². The maximum Gasteiger partial charge on any atom is 0.359 e. The first-order chi connectivity index (χ1) is 11.0. The predicted octanol–water partition coefficient (Wildman–Crippen LogP) is 4.03. The predicted molar refractivity (Wildman–Crippen MR) is 86.1 cm³/mol. The first kappa shape index (κ1) is 15.1. The van der Waals surface area contributed by atoms with Crippen molar-refractivity contribution in [2.24, 2.45) is 0 Å². The van der Waals surface area contributed by atoms with E-state index in [1.165, 1.54) is 13.2 Å². The first-order valence-corrected chi connectivity index (χ1v) is 6.94. The molecule has 3 aromatic rings. The molecule has 7 heteroatoms. The summed E-state index contributed by atoms with van der Waals surface area (Å²) in [7, 11) is 1.44. The van der Waals surface area contributed by atoms with Gasteiger partial charge in [-0.3, -0.25) is 14.9 Å². The molecule has 0 unspecified atom stereocenters. The van der Waals surface area contributed by atoms with Gasteiger partial charge < -0.3 is 9.15 Å².